The van der Waals surface area contributed by atoms with Crippen LogP contribution in [0.3, 0.4) is 0 Å². The fraction of sp³-hybridized carbons (Fsp3) is 0.250. The molecule has 0 saturated carbocycles. The molecule has 0 radical (unpaired) electrons. The Morgan fingerprint density at radius 2 is 2.24 bits per heavy atom. The average molecular weight is 250 g/mol. The van der Waals surface area contributed by atoms with E-state index in [9.17, 15) is 4.79 Å². The van der Waals surface area contributed by atoms with E-state index in [2.05, 4.69) is 16.7 Å². The highest BCUT2D eigenvalue weighted by Crippen LogP contribution is 2.07. The zero-order valence-electron chi connectivity index (χ0n) is 9.31. The summed E-state index contributed by atoms with van der Waals surface area (Å²) < 4.78 is 5.11. The molecular formula is C12H14N2O2S. The minimum atomic E-state index is -0.169. The second-order valence-electron chi connectivity index (χ2n) is 3.52. The van der Waals surface area contributed by atoms with Gasteiger partial charge in [-0.25, -0.2) is 4.79 Å². The number of furan rings is 1. The van der Waals surface area contributed by atoms with Crippen molar-refractivity contribution in [2.45, 2.75) is 13.0 Å². The van der Waals surface area contributed by atoms with Crippen LogP contribution >= 0.6 is 11.3 Å². The molecule has 0 aliphatic carbocycles. The Balaban J connectivity index is 1.61. The van der Waals surface area contributed by atoms with Gasteiger partial charge in [-0.3, -0.25) is 0 Å². The lowest BCUT2D eigenvalue weighted by Crippen LogP contribution is -2.36. The predicted molar refractivity (Wildman–Crippen MR) is 67.0 cm³/mol. The number of amides is 2. The van der Waals surface area contributed by atoms with Crippen molar-refractivity contribution in [2.24, 2.45) is 0 Å². The van der Waals surface area contributed by atoms with Crippen LogP contribution in [0, 0.1) is 0 Å². The van der Waals surface area contributed by atoms with Gasteiger partial charge in [0.1, 0.15) is 5.76 Å². The maximum atomic E-state index is 11.4. The summed E-state index contributed by atoms with van der Waals surface area (Å²) in [5, 5.41) is 7.56. The van der Waals surface area contributed by atoms with Gasteiger partial charge in [-0.15, -0.1) is 11.3 Å². The van der Waals surface area contributed by atoms with Gasteiger partial charge in [0.2, 0.25) is 0 Å². The molecule has 0 unspecified atom stereocenters. The Bertz CT molecular complexity index is 437. The Labute approximate surface area is 104 Å². The summed E-state index contributed by atoms with van der Waals surface area (Å²) in [5.41, 5.74) is 0. The molecule has 0 atom stereocenters. The van der Waals surface area contributed by atoms with Crippen molar-refractivity contribution >= 4 is 17.4 Å². The fourth-order valence-electron chi connectivity index (χ4n) is 1.40. The third-order valence-corrected chi connectivity index (χ3v) is 3.18. The maximum Gasteiger partial charge on any atom is 0.315 e. The topological polar surface area (TPSA) is 54.3 Å². The minimum Gasteiger partial charge on any atom is -0.467 e. The van der Waals surface area contributed by atoms with Crippen LogP contribution < -0.4 is 10.6 Å². The maximum absolute atomic E-state index is 11.4. The van der Waals surface area contributed by atoms with Crippen molar-refractivity contribution in [3.8, 4) is 0 Å². The van der Waals surface area contributed by atoms with Crippen molar-refractivity contribution in [1.82, 2.24) is 10.6 Å². The third-order valence-electron chi connectivity index (χ3n) is 2.24. The Morgan fingerprint density at radius 3 is 2.94 bits per heavy atom. The zero-order chi connectivity index (χ0) is 11.9. The molecule has 0 fully saturated rings. The second-order valence-corrected chi connectivity index (χ2v) is 4.55. The first-order valence-electron chi connectivity index (χ1n) is 5.41. The first-order valence-corrected chi connectivity index (χ1v) is 6.29. The van der Waals surface area contributed by atoms with Crippen LogP contribution in [0.4, 0.5) is 4.79 Å². The summed E-state index contributed by atoms with van der Waals surface area (Å²) in [6.45, 7) is 1.06. The van der Waals surface area contributed by atoms with Crippen LogP contribution in [0.5, 0.6) is 0 Å². The molecule has 4 nitrogen and oxygen atoms in total. The van der Waals surface area contributed by atoms with Gasteiger partial charge in [0.25, 0.3) is 0 Å². The van der Waals surface area contributed by atoms with E-state index < -0.39 is 0 Å². The molecule has 90 valence electrons. The predicted octanol–water partition coefficient (Wildman–Crippen LogP) is 2.38. The van der Waals surface area contributed by atoms with Gasteiger partial charge < -0.3 is 15.1 Å². The van der Waals surface area contributed by atoms with Crippen LogP contribution in [0.2, 0.25) is 0 Å². The zero-order valence-corrected chi connectivity index (χ0v) is 10.1. The number of carbonyl (C=O) groups excluding carboxylic acids is 1. The normalized spacial score (nSPS) is 10.1. The highest BCUT2D eigenvalue weighted by atomic mass is 32.1. The highest BCUT2D eigenvalue weighted by Gasteiger charge is 2.01. The first-order chi connectivity index (χ1) is 8.34. The van der Waals surface area contributed by atoms with E-state index >= 15 is 0 Å². The van der Waals surface area contributed by atoms with E-state index in [1.807, 2.05) is 17.5 Å². The van der Waals surface area contributed by atoms with Crippen LogP contribution in [0.15, 0.2) is 40.3 Å². The van der Waals surface area contributed by atoms with Crippen molar-refractivity contribution in [2.75, 3.05) is 6.54 Å². The van der Waals surface area contributed by atoms with Gasteiger partial charge >= 0.3 is 6.03 Å². The largest absolute Gasteiger partial charge is 0.467 e. The van der Waals surface area contributed by atoms with E-state index in [1.54, 1.807) is 23.7 Å². The van der Waals surface area contributed by atoms with Crippen molar-refractivity contribution in [3.05, 3.63) is 46.5 Å². The average Bonchev–Trinajstić information content (AvgIpc) is 2.99. The number of rotatable bonds is 5. The number of hydrogen-bond acceptors (Lipinski definition) is 3. The smallest absolute Gasteiger partial charge is 0.315 e. The second kappa shape index (κ2) is 6.10. The van der Waals surface area contributed by atoms with Gasteiger partial charge in [-0.1, -0.05) is 6.07 Å². The number of nitrogens with one attached hydrogen (secondary N) is 2. The fourth-order valence-corrected chi connectivity index (χ4v) is 2.11. The van der Waals surface area contributed by atoms with E-state index in [-0.39, 0.29) is 6.03 Å². The summed E-state index contributed by atoms with van der Waals surface area (Å²) in [6.07, 6.45) is 2.46. The lowest BCUT2D eigenvalue weighted by atomic mass is 10.3. The summed E-state index contributed by atoms with van der Waals surface area (Å²) in [6, 6.07) is 7.53. The standard InChI is InChI=1S/C12H14N2O2S/c15-12(14-9-10-3-1-7-16-10)13-6-5-11-4-2-8-17-11/h1-4,7-8H,5-6,9H2,(H2,13,14,15). The molecule has 5 heteroatoms. The van der Waals surface area contributed by atoms with E-state index in [0.717, 1.165) is 12.2 Å². The SMILES string of the molecule is O=C(NCCc1cccs1)NCc1ccco1. The summed E-state index contributed by atoms with van der Waals surface area (Å²) >= 11 is 1.70. The van der Waals surface area contributed by atoms with Crippen molar-refractivity contribution < 1.29 is 9.21 Å². The molecule has 0 saturated heterocycles. The van der Waals surface area contributed by atoms with Gasteiger partial charge in [0.05, 0.1) is 12.8 Å². The molecular weight excluding hydrogens is 236 g/mol. The molecule has 2 heterocycles. The molecule has 2 amide bonds. The lowest BCUT2D eigenvalue weighted by molar-refractivity contribution is 0.239. The van der Waals surface area contributed by atoms with Crippen LogP contribution in [-0.2, 0) is 13.0 Å². The van der Waals surface area contributed by atoms with E-state index in [0.29, 0.717) is 13.1 Å². The highest BCUT2D eigenvalue weighted by molar-refractivity contribution is 7.09. The Morgan fingerprint density at radius 1 is 1.29 bits per heavy atom. The molecule has 2 N–H and O–H groups in total. The third kappa shape index (κ3) is 3.96. The van der Waals surface area contributed by atoms with Crippen molar-refractivity contribution in [3.63, 3.8) is 0 Å². The molecule has 2 aromatic heterocycles. The van der Waals surface area contributed by atoms with Crippen LogP contribution in [-0.4, -0.2) is 12.6 Å². The molecule has 2 aromatic rings. The lowest BCUT2D eigenvalue weighted by Gasteiger charge is -2.05. The van der Waals surface area contributed by atoms with Gasteiger partial charge in [0.15, 0.2) is 0 Å². The Kier molecular flexibility index (Phi) is 4.21. The number of urea groups is 1. The first kappa shape index (κ1) is 11.7. The molecule has 17 heavy (non-hydrogen) atoms. The quantitative estimate of drug-likeness (QED) is 0.856. The van der Waals surface area contributed by atoms with E-state index in [1.165, 1.54) is 4.88 Å². The van der Waals surface area contributed by atoms with Gasteiger partial charge in [-0.2, -0.15) is 0 Å². The van der Waals surface area contributed by atoms with Crippen LogP contribution in [0.25, 0.3) is 0 Å². The summed E-state index contributed by atoms with van der Waals surface area (Å²) in [7, 11) is 0. The van der Waals surface area contributed by atoms with Crippen LogP contribution in [0.1, 0.15) is 10.6 Å². The number of hydrogen-bond donors (Lipinski definition) is 2. The molecule has 0 aromatic carbocycles. The van der Waals surface area contributed by atoms with Gasteiger partial charge in [-0.05, 0) is 30.0 Å². The molecule has 0 aliphatic heterocycles. The Hall–Kier alpha value is -1.75. The molecule has 0 bridgehead atoms. The molecule has 0 aliphatic rings. The van der Waals surface area contributed by atoms with Crippen molar-refractivity contribution in [1.29, 1.82) is 0 Å². The van der Waals surface area contributed by atoms with Gasteiger partial charge in [0, 0.05) is 11.4 Å². The summed E-state index contributed by atoms with van der Waals surface area (Å²) in [5.74, 6) is 0.749. The van der Waals surface area contributed by atoms with E-state index in [4.69, 9.17) is 4.42 Å². The minimum absolute atomic E-state index is 0.169. The number of carbonyl (C=O) groups is 1. The molecule has 2 rings (SSSR count). The molecule has 0 spiro atoms. The summed E-state index contributed by atoms with van der Waals surface area (Å²) in [4.78, 5) is 12.7. The monoisotopic (exact) mass is 250 g/mol. The number of thiophene rings is 1.